The summed E-state index contributed by atoms with van der Waals surface area (Å²) < 4.78 is 10.1. The van der Waals surface area contributed by atoms with Crippen LogP contribution in [-0.4, -0.2) is 36.2 Å². The topological polar surface area (TPSA) is 93.7 Å². The Balaban J connectivity index is 2.32. The summed E-state index contributed by atoms with van der Waals surface area (Å²) in [4.78, 5) is 35.2. The number of amides is 2. The van der Waals surface area contributed by atoms with Crippen LogP contribution < -0.4 is 10.6 Å². The molecule has 2 N–H and O–H groups in total. The summed E-state index contributed by atoms with van der Waals surface area (Å²) >= 11 is 0. The van der Waals surface area contributed by atoms with Gasteiger partial charge in [0.15, 0.2) is 6.10 Å². The number of aryl methyl sites for hydroxylation is 1. The molecule has 0 aliphatic carbocycles. The molecule has 1 atom stereocenters. The van der Waals surface area contributed by atoms with Crippen LogP contribution in [0.2, 0.25) is 0 Å². The molecule has 0 fully saturated rings. The fraction of sp³-hybridized carbons (Fsp3) is 0.500. The summed E-state index contributed by atoms with van der Waals surface area (Å²) in [7, 11) is 0. The molecule has 0 spiro atoms. The molecule has 138 valence electrons. The van der Waals surface area contributed by atoms with Gasteiger partial charge in [0.05, 0.1) is 6.42 Å². The number of alkyl carbamates (subject to hydrolysis) is 1. The molecule has 0 saturated heterocycles. The lowest BCUT2D eigenvalue weighted by atomic mass is 10.2. The second-order valence-electron chi connectivity index (χ2n) is 6.67. The molecule has 0 heterocycles. The van der Waals surface area contributed by atoms with E-state index in [1.54, 1.807) is 32.9 Å². The van der Waals surface area contributed by atoms with Gasteiger partial charge >= 0.3 is 12.1 Å². The Morgan fingerprint density at radius 3 is 2.28 bits per heavy atom. The van der Waals surface area contributed by atoms with E-state index in [4.69, 9.17) is 9.47 Å². The maximum absolute atomic E-state index is 12.0. The molecule has 1 rings (SSSR count). The molecule has 25 heavy (non-hydrogen) atoms. The number of esters is 1. The van der Waals surface area contributed by atoms with Gasteiger partial charge < -0.3 is 20.1 Å². The minimum Gasteiger partial charge on any atom is -0.452 e. The highest BCUT2D eigenvalue weighted by molar-refractivity contribution is 5.95. The van der Waals surface area contributed by atoms with Crippen LogP contribution in [0.1, 0.15) is 39.7 Å². The van der Waals surface area contributed by atoms with Crippen molar-refractivity contribution in [1.29, 1.82) is 0 Å². The molecular formula is C18H26N2O5. The minimum absolute atomic E-state index is 0.0542. The number of hydrogen-bond acceptors (Lipinski definition) is 5. The van der Waals surface area contributed by atoms with Crippen LogP contribution in [0.25, 0.3) is 0 Å². The van der Waals surface area contributed by atoms with E-state index in [1.165, 1.54) is 6.92 Å². The van der Waals surface area contributed by atoms with Gasteiger partial charge in [0.2, 0.25) is 0 Å². The highest BCUT2D eigenvalue weighted by Crippen LogP contribution is 2.10. The Hall–Kier alpha value is -2.57. The number of hydrogen-bond donors (Lipinski definition) is 2. The van der Waals surface area contributed by atoms with Crippen LogP contribution in [0.3, 0.4) is 0 Å². The molecule has 1 aromatic rings. The van der Waals surface area contributed by atoms with E-state index in [9.17, 15) is 14.4 Å². The second-order valence-corrected chi connectivity index (χ2v) is 6.67. The minimum atomic E-state index is -0.935. The first-order valence-electron chi connectivity index (χ1n) is 8.10. The van der Waals surface area contributed by atoms with E-state index >= 15 is 0 Å². The van der Waals surface area contributed by atoms with Crippen molar-refractivity contribution in [3.05, 3.63) is 29.8 Å². The molecule has 7 heteroatoms. The van der Waals surface area contributed by atoms with E-state index in [1.807, 2.05) is 19.1 Å². The van der Waals surface area contributed by atoms with E-state index < -0.39 is 29.7 Å². The van der Waals surface area contributed by atoms with E-state index in [0.29, 0.717) is 5.69 Å². The lowest BCUT2D eigenvalue weighted by molar-refractivity contribution is -0.153. The van der Waals surface area contributed by atoms with Gasteiger partial charge in [-0.25, -0.2) is 4.79 Å². The predicted octanol–water partition coefficient (Wildman–Crippen LogP) is 2.78. The van der Waals surface area contributed by atoms with Gasteiger partial charge in [0.25, 0.3) is 5.91 Å². The summed E-state index contributed by atoms with van der Waals surface area (Å²) in [6.07, 6.45) is -1.60. The van der Waals surface area contributed by atoms with Crippen molar-refractivity contribution in [3.8, 4) is 0 Å². The lowest BCUT2D eigenvalue weighted by Gasteiger charge is -2.19. The standard InChI is InChI=1S/C18H26N2O5/c1-12-6-8-14(9-7-12)20-16(22)13(2)24-15(21)10-11-19-17(23)25-18(3,4)5/h6-9,13H,10-11H2,1-5H3,(H,19,23)(H,20,22)/t13-/m1/s1. The maximum Gasteiger partial charge on any atom is 0.407 e. The number of ether oxygens (including phenoxy) is 2. The normalized spacial score (nSPS) is 12.0. The fourth-order valence-corrected chi connectivity index (χ4v) is 1.77. The summed E-state index contributed by atoms with van der Waals surface area (Å²) in [5, 5.41) is 5.12. The third-order valence-electron chi connectivity index (χ3n) is 2.99. The molecule has 7 nitrogen and oxygen atoms in total. The van der Waals surface area contributed by atoms with Gasteiger partial charge in [0, 0.05) is 12.2 Å². The molecule has 0 aromatic heterocycles. The number of carbonyl (C=O) groups is 3. The summed E-state index contributed by atoms with van der Waals surface area (Å²) in [5.41, 5.74) is 1.10. The number of anilines is 1. The third-order valence-corrected chi connectivity index (χ3v) is 2.99. The largest absolute Gasteiger partial charge is 0.452 e. The first kappa shape index (κ1) is 20.5. The van der Waals surface area contributed by atoms with Crippen molar-refractivity contribution >= 4 is 23.7 Å². The zero-order valence-electron chi connectivity index (χ0n) is 15.3. The van der Waals surface area contributed by atoms with Crippen molar-refractivity contribution in [1.82, 2.24) is 5.32 Å². The van der Waals surface area contributed by atoms with Crippen LogP contribution in [0.5, 0.6) is 0 Å². The van der Waals surface area contributed by atoms with Crippen LogP contribution in [-0.2, 0) is 19.1 Å². The number of benzene rings is 1. The van der Waals surface area contributed by atoms with Crippen molar-refractivity contribution in [3.63, 3.8) is 0 Å². The van der Waals surface area contributed by atoms with Gasteiger partial charge in [-0.05, 0) is 46.8 Å². The number of rotatable bonds is 6. The van der Waals surface area contributed by atoms with Gasteiger partial charge in [-0.1, -0.05) is 17.7 Å². The zero-order valence-corrected chi connectivity index (χ0v) is 15.3. The second kappa shape index (κ2) is 9.05. The SMILES string of the molecule is Cc1ccc(NC(=O)[C@@H](C)OC(=O)CCNC(=O)OC(C)(C)C)cc1. The van der Waals surface area contributed by atoms with Crippen LogP contribution >= 0.6 is 0 Å². The first-order valence-corrected chi connectivity index (χ1v) is 8.10. The van der Waals surface area contributed by atoms with E-state index in [-0.39, 0.29) is 13.0 Å². The van der Waals surface area contributed by atoms with Gasteiger partial charge in [-0.15, -0.1) is 0 Å². The molecule has 0 unspecified atom stereocenters. The summed E-state index contributed by atoms with van der Waals surface area (Å²) in [5.74, 6) is -1.00. The monoisotopic (exact) mass is 350 g/mol. The van der Waals surface area contributed by atoms with Gasteiger partial charge in [0.1, 0.15) is 5.60 Å². The first-order chi connectivity index (χ1) is 11.6. The Kier molecular flexibility index (Phi) is 7.42. The third kappa shape index (κ3) is 8.74. The van der Waals surface area contributed by atoms with Crippen LogP contribution in [0.4, 0.5) is 10.5 Å². The van der Waals surface area contributed by atoms with Gasteiger partial charge in [-0.3, -0.25) is 9.59 Å². The molecule has 2 amide bonds. The Labute approximate surface area is 148 Å². The molecule has 0 aliphatic rings. The quantitative estimate of drug-likeness (QED) is 0.770. The maximum atomic E-state index is 12.0. The van der Waals surface area contributed by atoms with Crippen molar-refractivity contribution in [2.24, 2.45) is 0 Å². The molecular weight excluding hydrogens is 324 g/mol. The Bertz CT molecular complexity index is 605. The van der Waals surface area contributed by atoms with Crippen molar-refractivity contribution in [2.45, 2.75) is 52.7 Å². The average molecular weight is 350 g/mol. The van der Waals surface area contributed by atoms with Crippen LogP contribution in [0.15, 0.2) is 24.3 Å². The molecule has 0 radical (unpaired) electrons. The summed E-state index contributed by atoms with van der Waals surface area (Å²) in [6.45, 7) is 8.74. The highest BCUT2D eigenvalue weighted by Gasteiger charge is 2.19. The van der Waals surface area contributed by atoms with Crippen molar-refractivity contribution < 1.29 is 23.9 Å². The molecule has 1 aromatic carbocycles. The van der Waals surface area contributed by atoms with E-state index in [0.717, 1.165) is 5.56 Å². The van der Waals surface area contributed by atoms with Gasteiger partial charge in [-0.2, -0.15) is 0 Å². The molecule has 0 bridgehead atoms. The average Bonchev–Trinajstić information content (AvgIpc) is 2.47. The lowest BCUT2D eigenvalue weighted by Crippen LogP contribution is -2.35. The number of nitrogens with one attached hydrogen (secondary N) is 2. The predicted molar refractivity (Wildman–Crippen MR) is 94.2 cm³/mol. The molecule has 0 saturated carbocycles. The Morgan fingerprint density at radius 2 is 1.72 bits per heavy atom. The smallest absolute Gasteiger partial charge is 0.407 e. The highest BCUT2D eigenvalue weighted by atomic mass is 16.6. The van der Waals surface area contributed by atoms with Crippen LogP contribution in [0, 0.1) is 6.92 Å². The fourth-order valence-electron chi connectivity index (χ4n) is 1.77. The van der Waals surface area contributed by atoms with E-state index in [2.05, 4.69) is 10.6 Å². The summed E-state index contributed by atoms with van der Waals surface area (Å²) in [6, 6.07) is 7.28. The molecule has 0 aliphatic heterocycles. The van der Waals surface area contributed by atoms with Crippen molar-refractivity contribution in [2.75, 3.05) is 11.9 Å². The number of carbonyl (C=O) groups excluding carboxylic acids is 3. The zero-order chi connectivity index (χ0) is 19.0. The Morgan fingerprint density at radius 1 is 1.12 bits per heavy atom.